The van der Waals surface area contributed by atoms with E-state index in [0.29, 0.717) is 27.4 Å². The molecular weight excluding hydrogens is 331 g/mol. The molecule has 1 aliphatic carbocycles. The summed E-state index contributed by atoms with van der Waals surface area (Å²) >= 11 is 19.0. The quantitative estimate of drug-likeness (QED) is 0.639. The molecular formula is C14H9Cl3N4. The standard InChI is InChI=1S/C14H9Cl3N4/c15-9-4-2-1-3-8(9)10-11(16)18-14-19-13(7-5-6-7)20-21(14)12(10)17/h1-4,7H,5-6H2. The Balaban J connectivity index is 1.99. The molecule has 1 saturated carbocycles. The molecule has 0 bridgehead atoms. The summed E-state index contributed by atoms with van der Waals surface area (Å²) in [5, 5.41) is 5.65. The highest BCUT2D eigenvalue weighted by molar-refractivity contribution is 6.40. The van der Waals surface area contributed by atoms with Gasteiger partial charge in [0.2, 0.25) is 0 Å². The van der Waals surface area contributed by atoms with Crippen molar-refractivity contribution in [1.82, 2.24) is 19.6 Å². The molecule has 2 heterocycles. The maximum Gasteiger partial charge on any atom is 0.255 e. The SMILES string of the molecule is Clc1ccccc1-c1c(Cl)nc2nc(C3CC3)nn2c1Cl. The topological polar surface area (TPSA) is 43.1 Å². The first-order valence-corrected chi connectivity index (χ1v) is 7.65. The van der Waals surface area contributed by atoms with Crippen LogP contribution in [-0.2, 0) is 0 Å². The number of fused-ring (bicyclic) bond motifs is 1. The van der Waals surface area contributed by atoms with Crippen molar-refractivity contribution in [3.63, 3.8) is 0 Å². The molecule has 0 unspecified atom stereocenters. The fourth-order valence-corrected chi connectivity index (χ4v) is 3.11. The molecule has 0 N–H and O–H groups in total. The Bertz CT molecular complexity index is 855. The van der Waals surface area contributed by atoms with Crippen LogP contribution in [0.25, 0.3) is 16.9 Å². The van der Waals surface area contributed by atoms with Crippen LogP contribution in [0.1, 0.15) is 24.6 Å². The van der Waals surface area contributed by atoms with E-state index in [2.05, 4.69) is 15.1 Å². The molecule has 4 rings (SSSR count). The third-order valence-corrected chi connectivity index (χ3v) is 4.44. The summed E-state index contributed by atoms with van der Waals surface area (Å²) in [6.07, 6.45) is 2.22. The van der Waals surface area contributed by atoms with Crippen LogP contribution < -0.4 is 0 Å². The van der Waals surface area contributed by atoms with Gasteiger partial charge in [-0.15, -0.1) is 5.10 Å². The average Bonchev–Trinajstić information content (AvgIpc) is 3.22. The molecule has 0 aliphatic heterocycles. The van der Waals surface area contributed by atoms with Gasteiger partial charge in [-0.05, 0) is 18.9 Å². The van der Waals surface area contributed by atoms with Gasteiger partial charge in [0.25, 0.3) is 5.78 Å². The van der Waals surface area contributed by atoms with E-state index in [4.69, 9.17) is 34.8 Å². The molecule has 3 aromatic rings. The van der Waals surface area contributed by atoms with E-state index >= 15 is 0 Å². The molecule has 1 aliphatic rings. The van der Waals surface area contributed by atoms with Crippen LogP contribution in [0.2, 0.25) is 15.3 Å². The van der Waals surface area contributed by atoms with E-state index < -0.39 is 0 Å². The van der Waals surface area contributed by atoms with Gasteiger partial charge in [-0.2, -0.15) is 14.5 Å². The molecule has 2 aromatic heterocycles. The van der Waals surface area contributed by atoms with Gasteiger partial charge in [0.1, 0.15) is 10.3 Å². The summed E-state index contributed by atoms with van der Waals surface area (Å²) in [6, 6.07) is 7.35. The van der Waals surface area contributed by atoms with Crippen LogP contribution >= 0.6 is 34.8 Å². The highest BCUT2D eigenvalue weighted by Gasteiger charge is 2.29. The molecule has 0 saturated heterocycles. The van der Waals surface area contributed by atoms with Crippen LogP contribution in [0.3, 0.4) is 0 Å². The minimum atomic E-state index is 0.273. The molecule has 0 amide bonds. The fraction of sp³-hybridized carbons (Fsp3) is 0.214. The second kappa shape index (κ2) is 4.83. The summed E-state index contributed by atoms with van der Waals surface area (Å²) in [4.78, 5) is 8.69. The Hall–Kier alpha value is -1.36. The molecule has 21 heavy (non-hydrogen) atoms. The minimum Gasteiger partial charge on any atom is -0.198 e. The summed E-state index contributed by atoms with van der Waals surface area (Å²) in [7, 11) is 0. The van der Waals surface area contributed by atoms with Crippen LogP contribution in [0, 0.1) is 0 Å². The van der Waals surface area contributed by atoms with Crippen LogP contribution in [0.4, 0.5) is 0 Å². The lowest BCUT2D eigenvalue weighted by Crippen LogP contribution is -1.98. The zero-order valence-electron chi connectivity index (χ0n) is 10.7. The van der Waals surface area contributed by atoms with Gasteiger partial charge in [-0.1, -0.05) is 53.0 Å². The first-order chi connectivity index (χ1) is 10.1. The van der Waals surface area contributed by atoms with E-state index in [9.17, 15) is 0 Å². The number of benzene rings is 1. The second-order valence-corrected chi connectivity index (χ2v) is 6.13. The Morgan fingerprint density at radius 3 is 2.52 bits per heavy atom. The second-order valence-electron chi connectivity index (χ2n) is 5.00. The monoisotopic (exact) mass is 338 g/mol. The lowest BCUT2D eigenvalue weighted by atomic mass is 10.1. The highest BCUT2D eigenvalue weighted by atomic mass is 35.5. The van der Waals surface area contributed by atoms with Gasteiger partial charge in [-0.25, -0.2) is 0 Å². The van der Waals surface area contributed by atoms with Gasteiger partial charge in [-0.3, -0.25) is 0 Å². The fourth-order valence-electron chi connectivity index (χ4n) is 2.26. The Morgan fingerprint density at radius 1 is 1.05 bits per heavy atom. The number of rotatable bonds is 2. The Kier molecular flexibility index (Phi) is 3.06. The van der Waals surface area contributed by atoms with Crippen molar-refractivity contribution < 1.29 is 0 Å². The summed E-state index contributed by atoms with van der Waals surface area (Å²) in [6.45, 7) is 0. The average molecular weight is 340 g/mol. The van der Waals surface area contributed by atoms with E-state index in [1.165, 1.54) is 4.52 Å². The van der Waals surface area contributed by atoms with Gasteiger partial charge >= 0.3 is 0 Å². The third-order valence-electron chi connectivity index (χ3n) is 3.49. The molecule has 4 nitrogen and oxygen atoms in total. The van der Waals surface area contributed by atoms with Crippen molar-refractivity contribution in [3.8, 4) is 11.1 Å². The van der Waals surface area contributed by atoms with Crippen molar-refractivity contribution in [2.24, 2.45) is 0 Å². The van der Waals surface area contributed by atoms with Gasteiger partial charge in [0.15, 0.2) is 5.82 Å². The Morgan fingerprint density at radius 2 is 1.81 bits per heavy atom. The number of nitrogens with zero attached hydrogens (tertiary/aromatic N) is 4. The largest absolute Gasteiger partial charge is 0.255 e. The number of hydrogen-bond donors (Lipinski definition) is 0. The van der Waals surface area contributed by atoms with E-state index in [1.807, 2.05) is 18.2 Å². The van der Waals surface area contributed by atoms with Gasteiger partial charge in [0.05, 0.1) is 5.56 Å². The summed E-state index contributed by atoms with van der Waals surface area (Å²) in [5.74, 6) is 1.62. The zero-order chi connectivity index (χ0) is 14.6. The summed E-state index contributed by atoms with van der Waals surface area (Å²) in [5.41, 5.74) is 1.30. The third kappa shape index (κ3) is 2.18. The van der Waals surface area contributed by atoms with Crippen molar-refractivity contribution in [3.05, 3.63) is 45.4 Å². The molecule has 7 heteroatoms. The van der Waals surface area contributed by atoms with Crippen molar-refractivity contribution in [2.75, 3.05) is 0 Å². The maximum atomic E-state index is 6.47. The number of hydrogen-bond acceptors (Lipinski definition) is 3. The molecule has 1 fully saturated rings. The summed E-state index contributed by atoms with van der Waals surface area (Å²) < 4.78 is 1.53. The lowest BCUT2D eigenvalue weighted by molar-refractivity contribution is 0.874. The van der Waals surface area contributed by atoms with Crippen molar-refractivity contribution in [2.45, 2.75) is 18.8 Å². The van der Waals surface area contributed by atoms with Crippen LogP contribution in [0.15, 0.2) is 24.3 Å². The molecule has 0 atom stereocenters. The highest BCUT2D eigenvalue weighted by Crippen LogP contribution is 2.40. The van der Waals surface area contributed by atoms with E-state index in [1.54, 1.807) is 6.07 Å². The van der Waals surface area contributed by atoms with Crippen LogP contribution in [-0.4, -0.2) is 19.6 Å². The zero-order valence-corrected chi connectivity index (χ0v) is 13.0. The molecule has 106 valence electrons. The van der Waals surface area contributed by atoms with Gasteiger partial charge < -0.3 is 0 Å². The van der Waals surface area contributed by atoms with E-state index in [0.717, 1.165) is 24.2 Å². The van der Waals surface area contributed by atoms with Crippen LogP contribution in [0.5, 0.6) is 0 Å². The smallest absolute Gasteiger partial charge is 0.198 e. The normalized spacial score (nSPS) is 14.8. The maximum absolute atomic E-state index is 6.47. The lowest BCUT2D eigenvalue weighted by Gasteiger charge is -2.09. The minimum absolute atomic E-state index is 0.273. The predicted molar refractivity (Wildman–Crippen MR) is 83.2 cm³/mol. The van der Waals surface area contributed by atoms with Gasteiger partial charge in [0, 0.05) is 16.5 Å². The molecule has 0 radical (unpaired) electrons. The molecule has 0 spiro atoms. The Labute approximate surface area is 135 Å². The van der Waals surface area contributed by atoms with E-state index in [-0.39, 0.29) is 5.15 Å². The van der Waals surface area contributed by atoms with Crippen molar-refractivity contribution in [1.29, 1.82) is 0 Å². The molecule has 1 aromatic carbocycles. The first-order valence-electron chi connectivity index (χ1n) is 6.51. The van der Waals surface area contributed by atoms with Crippen molar-refractivity contribution >= 4 is 40.6 Å². The first kappa shape index (κ1) is 13.3. The predicted octanol–water partition coefficient (Wildman–Crippen LogP) is 4.63. The number of aromatic nitrogens is 4. The number of halogens is 3.